The van der Waals surface area contributed by atoms with Gasteiger partial charge >= 0.3 is 0 Å². The summed E-state index contributed by atoms with van der Waals surface area (Å²) in [4.78, 5) is 0. The Morgan fingerprint density at radius 3 is 1.90 bits per heavy atom. The van der Waals surface area contributed by atoms with Gasteiger partial charge in [-0.2, -0.15) is 0 Å². The second-order valence-corrected chi connectivity index (χ2v) is 10.5. The molecule has 39 heavy (non-hydrogen) atoms. The Kier molecular flexibility index (Phi) is 4.11. The second kappa shape index (κ2) is 7.69. The van der Waals surface area contributed by atoms with E-state index < -0.39 is 0 Å². The molecule has 180 valence electrons. The Morgan fingerprint density at radius 1 is 0.359 bits per heavy atom. The van der Waals surface area contributed by atoms with Gasteiger partial charge in [-0.15, -0.1) is 0 Å². The van der Waals surface area contributed by atoms with Crippen LogP contribution in [-0.2, 0) is 0 Å². The lowest BCUT2D eigenvalue weighted by atomic mass is 9.88. The number of rotatable bonds is 1. The number of hydrogen-bond acceptors (Lipinski definition) is 1. The van der Waals surface area contributed by atoms with Gasteiger partial charge in [0.1, 0.15) is 11.5 Å². The van der Waals surface area contributed by atoms with Gasteiger partial charge < -0.3 is 4.74 Å². The van der Waals surface area contributed by atoms with E-state index in [-0.39, 0.29) is 0 Å². The third-order valence-corrected chi connectivity index (χ3v) is 8.36. The number of benzene rings is 8. The van der Waals surface area contributed by atoms with Gasteiger partial charge in [0.05, 0.1) is 0 Å². The van der Waals surface area contributed by atoms with Gasteiger partial charge in [0.2, 0.25) is 0 Å². The summed E-state index contributed by atoms with van der Waals surface area (Å²) in [7, 11) is 0. The average Bonchev–Trinajstić information content (AvgIpc) is 2.99. The first-order valence-electron chi connectivity index (χ1n) is 13.4. The Balaban J connectivity index is 1.37. The fourth-order valence-electron chi connectivity index (χ4n) is 6.55. The molecule has 9 rings (SSSR count). The van der Waals surface area contributed by atoms with E-state index in [4.69, 9.17) is 4.74 Å². The fourth-order valence-corrected chi connectivity index (χ4v) is 6.55. The summed E-state index contributed by atoms with van der Waals surface area (Å²) < 4.78 is 6.79. The lowest BCUT2D eigenvalue weighted by molar-refractivity contribution is 0.493. The van der Waals surface area contributed by atoms with Crippen LogP contribution in [0, 0.1) is 0 Å². The first-order chi connectivity index (χ1) is 19.3. The van der Waals surface area contributed by atoms with Crippen LogP contribution in [0.2, 0.25) is 0 Å². The highest BCUT2D eigenvalue weighted by molar-refractivity contribution is 6.18. The Morgan fingerprint density at radius 2 is 1.05 bits per heavy atom. The van der Waals surface area contributed by atoms with E-state index >= 15 is 0 Å². The minimum atomic E-state index is 0.920. The summed E-state index contributed by atoms with van der Waals surface area (Å²) in [5.74, 6) is 1.86. The standard InChI is InChI=1S/C38H22O/c1-2-10-25-20-35-33(21-26-11-4-5-13-29(26)34(35)19-24(25)9-1)28-18-27-12-7-15-31-32-17-16-23-8-3-6-14-30(23)38(32)39-36(22-28)37(27)31/h1-22H. The quantitative estimate of drug-likeness (QED) is 0.163. The molecule has 8 aromatic carbocycles. The SMILES string of the molecule is c1ccc2cc3c(cc2c1)c(-c1cc2c4c(cccc4c1)-c1ccc4ccccc4c1O2)cc1ccccc13. The first kappa shape index (κ1) is 20.9. The molecule has 0 radical (unpaired) electrons. The molecule has 0 unspecified atom stereocenters. The highest BCUT2D eigenvalue weighted by atomic mass is 16.5. The van der Waals surface area contributed by atoms with E-state index in [1.807, 2.05) is 0 Å². The van der Waals surface area contributed by atoms with Crippen LogP contribution in [0.15, 0.2) is 133 Å². The number of fused-ring (bicyclic) bond motifs is 8. The summed E-state index contributed by atoms with van der Waals surface area (Å²) in [5, 5.41) is 12.3. The molecule has 0 saturated heterocycles. The maximum atomic E-state index is 6.79. The van der Waals surface area contributed by atoms with Crippen LogP contribution < -0.4 is 4.74 Å². The Labute approximate surface area is 225 Å². The van der Waals surface area contributed by atoms with Crippen molar-refractivity contribution in [1.29, 1.82) is 0 Å². The van der Waals surface area contributed by atoms with Crippen molar-refractivity contribution >= 4 is 53.9 Å². The Hall–Kier alpha value is -5.14. The van der Waals surface area contributed by atoms with Crippen molar-refractivity contribution in [2.75, 3.05) is 0 Å². The van der Waals surface area contributed by atoms with Crippen LogP contribution in [0.25, 0.3) is 76.1 Å². The predicted molar refractivity (Wildman–Crippen MR) is 165 cm³/mol. The smallest absolute Gasteiger partial charge is 0.143 e. The maximum Gasteiger partial charge on any atom is 0.143 e. The molecule has 0 bridgehead atoms. The normalized spacial score (nSPS) is 12.3. The van der Waals surface area contributed by atoms with Crippen molar-refractivity contribution in [3.8, 4) is 33.8 Å². The first-order valence-corrected chi connectivity index (χ1v) is 13.4. The van der Waals surface area contributed by atoms with E-state index in [1.165, 1.54) is 65.2 Å². The molecular formula is C38H22O. The molecule has 1 nitrogen and oxygen atoms in total. The topological polar surface area (TPSA) is 9.23 Å². The summed E-state index contributed by atoms with van der Waals surface area (Å²) in [6, 6.07) is 48.4. The molecule has 0 atom stereocenters. The second-order valence-electron chi connectivity index (χ2n) is 10.5. The lowest BCUT2D eigenvalue weighted by Crippen LogP contribution is -1.98. The van der Waals surface area contributed by atoms with Gasteiger partial charge in [0.25, 0.3) is 0 Å². The van der Waals surface area contributed by atoms with Crippen LogP contribution >= 0.6 is 0 Å². The number of hydrogen-bond donors (Lipinski definition) is 0. The molecule has 1 heterocycles. The van der Waals surface area contributed by atoms with Crippen molar-refractivity contribution in [3.63, 3.8) is 0 Å². The van der Waals surface area contributed by atoms with Crippen molar-refractivity contribution in [2.24, 2.45) is 0 Å². The fraction of sp³-hybridized carbons (Fsp3) is 0. The van der Waals surface area contributed by atoms with E-state index in [0.717, 1.165) is 22.4 Å². The van der Waals surface area contributed by atoms with Crippen molar-refractivity contribution < 1.29 is 4.74 Å². The molecule has 0 aromatic heterocycles. The lowest BCUT2D eigenvalue weighted by Gasteiger charge is -2.24. The third-order valence-electron chi connectivity index (χ3n) is 8.36. The minimum Gasteiger partial charge on any atom is -0.455 e. The van der Waals surface area contributed by atoms with E-state index in [1.54, 1.807) is 0 Å². The van der Waals surface area contributed by atoms with Gasteiger partial charge in [-0.1, -0.05) is 97.1 Å². The molecule has 0 aliphatic carbocycles. The van der Waals surface area contributed by atoms with Gasteiger partial charge in [-0.3, -0.25) is 0 Å². The van der Waals surface area contributed by atoms with E-state index in [2.05, 4.69) is 133 Å². The van der Waals surface area contributed by atoms with Crippen molar-refractivity contribution in [1.82, 2.24) is 0 Å². The van der Waals surface area contributed by atoms with Crippen LogP contribution in [0.1, 0.15) is 0 Å². The zero-order valence-corrected chi connectivity index (χ0v) is 21.1. The van der Waals surface area contributed by atoms with Gasteiger partial charge in [0, 0.05) is 16.3 Å². The highest BCUT2D eigenvalue weighted by Gasteiger charge is 2.23. The molecule has 8 aromatic rings. The summed E-state index contributed by atoms with van der Waals surface area (Å²) >= 11 is 0. The summed E-state index contributed by atoms with van der Waals surface area (Å²) in [6.45, 7) is 0. The highest BCUT2D eigenvalue weighted by Crippen LogP contribution is 2.51. The molecule has 0 amide bonds. The number of ether oxygens (including phenoxy) is 1. The Bertz CT molecular complexity index is 2310. The molecule has 1 aliphatic heterocycles. The van der Waals surface area contributed by atoms with Gasteiger partial charge in [-0.25, -0.2) is 0 Å². The average molecular weight is 495 g/mol. The van der Waals surface area contributed by atoms with E-state index in [9.17, 15) is 0 Å². The van der Waals surface area contributed by atoms with Gasteiger partial charge in [-0.05, 0) is 96.2 Å². The third kappa shape index (κ3) is 2.96. The maximum absolute atomic E-state index is 6.79. The minimum absolute atomic E-state index is 0.920. The summed E-state index contributed by atoms with van der Waals surface area (Å²) in [5.41, 5.74) is 4.78. The van der Waals surface area contributed by atoms with Crippen LogP contribution in [0.5, 0.6) is 11.5 Å². The van der Waals surface area contributed by atoms with Crippen LogP contribution in [0.3, 0.4) is 0 Å². The molecule has 1 aliphatic rings. The molecule has 0 fully saturated rings. The zero-order valence-electron chi connectivity index (χ0n) is 21.1. The molecule has 0 spiro atoms. The monoisotopic (exact) mass is 494 g/mol. The molecule has 0 N–H and O–H groups in total. The molecule has 0 saturated carbocycles. The zero-order chi connectivity index (χ0) is 25.5. The van der Waals surface area contributed by atoms with E-state index in [0.29, 0.717) is 0 Å². The summed E-state index contributed by atoms with van der Waals surface area (Å²) in [6.07, 6.45) is 0. The molecule has 1 heteroatoms. The van der Waals surface area contributed by atoms with Crippen molar-refractivity contribution in [3.05, 3.63) is 133 Å². The van der Waals surface area contributed by atoms with Crippen LogP contribution in [0.4, 0.5) is 0 Å². The predicted octanol–water partition coefficient (Wildman–Crippen LogP) is 10.9. The van der Waals surface area contributed by atoms with Crippen LogP contribution in [-0.4, -0.2) is 0 Å². The van der Waals surface area contributed by atoms with Crippen molar-refractivity contribution in [2.45, 2.75) is 0 Å². The largest absolute Gasteiger partial charge is 0.455 e. The van der Waals surface area contributed by atoms with Gasteiger partial charge in [0.15, 0.2) is 0 Å². The molecular weight excluding hydrogens is 472 g/mol.